The van der Waals surface area contributed by atoms with Crippen molar-refractivity contribution in [2.24, 2.45) is 11.8 Å². The minimum absolute atomic E-state index is 0. The number of halogens is 1. The van der Waals surface area contributed by atoms with Crippen LogP contribution < -0.4 is 5.32 Å². The van der Waals surface area contributed by atoms with Crippen molar-refractivity contribution in [2.45, 2.75) is 70.4 Å². The zero-order valence-electron chi connectivity index (χ0n) is 14.9. The van der Waals surface area contributed by atoms with Crippen molar-refractivity contribution in [1.82, 2.24) is 20.4 Å². The van der Waals surface area contributed by atoms with Crippen LogP contribution in [0.25, 0.3) is 0 Å². The van der Waals surface area contributed by atoms with Gasteiger partial charge in [0.1, 0.15) is 0 Å². The number of aromatic nitrogens is 2. The van der Waals surface area contributed by atoms with Gasteiger partial charge in [-0.3, -0.25) is 4.79 Å². The lowest BCUT2D eigenvalue weighted by molar-refractivity contribution is -0.135. The number of rotatable bonds is 3. The Balaban J connectivity index is 0.00000182. The standard InChI is InChI=1S/C18H28N4O2.ClH/c1-12-19-17(21-24-12)9-13-5-4-8-22(11-13)18(23)16-10-14-6-2-3-7-15(14)20-16;/h13-16,20H,2-11H2,1H3;1H. The third kappa shape index (κ3) is 4.17. The molecule has 3 heterocycles. The molecule has 1 aromatic rings. The van der Waals surface area contributed by atoms with Gasteiger partial charge in [-0.05, 0) is 43.9 Å². The maximum atomic E-state index is 13.0. The topological polar surface area (TPSA) is 71.3 Å². The summed E-state index contributed by atoms with van der Waals surface area (Å²) in [7, 11) is 0. The summed E-state index contributed by atoms with van der Waals surface area (Å²) in [6.45, 7) is 3.55. The van der Waals surface area contributed by atoms with Gasteiger partial charge in [0.15, 0.2) is 5.82 Å². The van der Waals surface area contributed by atoms with Crippen LogP contribution in [0, 0.1) is 18.8 Å². The molecule has 1 amide bonds. The summed E-state index contributed by atoms with van der Waals surface area (Å²) in [6.07, 6.45) is 9.24. The Labute approximate surface area is 155 Å². The molecule has 3 aliphatic rings. The summed E-state index contributed by atoms with van der Waals surface area (Å²) >= 11 is 0. The molecule has 1 aromatic heterocycles. The number of carbonyl (C=O) groups excluding carboxylic acids is 1. The number of nitrogens with zero attached hydrogens (tertiary/aromatic N) is 3. The van der Waals surface area contributed by atoms with E-state index in [2.05, 4.69) is 20.4 Å². The van der Waals surface area contributed by atoms with Crippen LogP contribution in [0.3, 0.4) is 0 Å². The van der Waals surface area contributed by atoms with E-state index in [4.69, 9.17) is 4.52 Å². The number of carbonyl (C=O) groups is 1. The van der Waals surface area contributed by atoms with Crippen molar-refractivity contribution in [1.29, 1.82) is 0 Å². The molecular formula is C18H29ClN4O2. The lowest BCUT2D eigenvalue weighted by atomic mass is 9.85. The van der Waals surface area contributed by atoms with Gasteiger partial charge in [-0.25, -0.2) is 0 Å². The molecule has 2 aliphatic heterocycles. The molecule has 0 radical (unpaired) electrons. The zero-order valence-corrected chi connectivity index (χ0v) is 15.8. The fraction of sp³-hybridized carbons (Fsp3) is 0.833. The van der Waals surface area contributed by atoms with E-state index in [-0.39, 0.29) is 18.4 Å². The summed E-state index contributed by atoms with van der Waals surface area (Å²) < 4.78 is 5.06. The average Bonchev–Trinajstić information content (AvgIpc) is 3.20. The highest BCUT2D eigenvalue weighted by molar-refractivity contribution is 5.85. The van der Waals surface area contributed by atoms with Crippen LogP contribution in [0.1, 0.15) is 56.7 Å². The molecule has 4 unspecified atom stereocenters. The van der Waals surface area contributed by atoms with E-state index in [0.29, 0.717) is 23.8 Å². The first-order chi connectivity index (χ1) is 11.7. The van der Waals surface area contributed by atoms with E-state index < -0.39 is 0 Å². The molecule has 6 nitrogen and oxygen atoms in total. The molecule has 140 valence electrons. The highest BCUT2D eigenvalue weighted by Gasteiger charge is 2.40. The van der Waals surface area contributed by atoms with Gasteiger partial charge in [-0.15, -0.1) is 12.4 Å². The second-order valence-electron chi connectivity index (χ2n) is 7.83. The van der Waals surface area contributed by atoms with Crippen molar-refractivity contribution >= 4 is 18.3 Å². The summed E-state index contributed by atoms with van der Waals surface area (Å²) in [5.74, 6) is 2.88. The van der Waals surface area contributed by atoms with Gasteiger partial charge in [0, 0.05) is 32.5 Å². The molecule has 1 saturated carbocycles. The predicted molar refractivity (Wildman–Crippen MR) is 96.6 cm³/mol. The Bertz CT molecular complexity index is 579. The van der Waals surface area contributed by atoms with E-state index in [1.54, 1.807) is 0 Å². The van der Waals surface area contributed by atoms with Crippen LogP contribution >= 0.6 is 12.4 Å². The smallest absolute Gasteiger partial charge is 0.239 e. The largest absolute Gasteiger partial charge is 0.341 e. The van der Waals surface area contributed by atoms with Crippen LogP contribution in [-0.4, -0.2) is 46.1 Å². The van der Waals surface area contributed by atoms with E-state index >= 15 is 0 Å². The molecule has 4 atom stereocenters. The minimum Gasteiger partial charge on any atom is -0.341 e. The Kier molecular flexibility index (Phi) is 6.00. The number of fused-ring (bicyclic) bond motifs is 1. The van der Waals surface area contributed by atoms with Gasteiger partial charge in [-0.1, -0.05) is 18.0 Å². The first kappa shape index (κ1) is 18.6. The molecule has 1 aliphatic carbocycles. The minimum atomic E-state index is 0. The number of amides is 1. The van der Waals surface area contributed by atoms with E-state index in [0.717, 1.165) is 50.5 Å². The first-order valence-corrected chi connectivity index (χ1v) is 9.53. The van der Waals surface area contributed by atoms with E-state index in [9.17, 15) is 4.79 Å². The predicted octanol–water partition coefficient (Wildman–Crippen LogP) is 2.50. The third-order valence-electron chi connectivity index (χ3n) is 6.03. The maximum absolute atomic E-state index is 13.0. The number of hydrogen-bond acceptors (Lipinski definition) is 5. The van der Waals surface area contributed by atoms with Gasteiger partial charge in [-0.2, -0.15) is 4.98 Å². The highest BCUT2D eigenvalue weighted by Crippen LogP contribution is 2.34. The summed E-state index contributed by atoms with van der Waals surface area (Å²) in [4.78, 5) is 19.3. The summed E-state index contributed by atoms with van der Waals surface area (Å²) in [5, 5.41) is 7.63. The second-order valence-corrected chi connectivity index (χ2v) is 7.83. The van der Waals surface area contributed by atoms with Crippen molar-refractivity contribution in [2.75, 3.05) is 13.1 Å². The number of nitrogens with one attached hydrogen (secondary N) is 1. The zero-order chi connectivity index (χ0) is 16.5. The molecule has 7 heteroatoms. The fourth-order valence-corrected chi connectivity index (χ4v) is 4.85. The molecule has 4 rings (SSSR count). The van der Waals surface area contributed by atoms with Crippen molar-refractivity contribution in [3.63, 3.8) is 0 Å². The summed E-state index contributed by atoms with van der Waals surface area (Å²) in [5.41, 5.74) is 0. The van der Waals surface area contributed by atoms with Crippen LogP contribution in [0.2, 0.25) is 0 Å². The second kappa shape index (κ2) is 8.04. The molecule has 3 fully saturated rings. The van der Waals surface area contributed by atoms with Crippen molar-refractivity contribution in [3.05, 3.63) is 11.7 Å². The first-order valence-electron chi connectivity index (χ1n) is 9.53. The maximum Gasteiger partial charge on any atom is 0.239 e. The van der Waals surface area contributed by atoms with Gasteiger partial charge < -0.3 is 14.7 Å². The van der Waals surface area contributed by atoms with Crippen LogP contribution in [0.4, 0.5) is 0 Å². The fourth-order valence-electron chi connectivity index (χ4n) is 4.85. The van der Waals surface area contributed by atoms with Crippen molar-refractivity contribution in [3.8, 4) is 0 Å². The van der Waals surface area contributed by atoms with Crippen LogP contribution in [-0.2, 0) is 11.2 Å². The molecule has 0 bridgehead atoms. The Morgan fingerprint density at radius 2 is 2.12 bits per heavy atom. The highest BCUT2D eigenvalue weighted by atomic mass is 35.5. The number of piperidine rings is 1. The van der Waals surface area contributed by atoms with Gasteiger partial charge >= 0.3 is 0 Å². The monoisotopic (exact) mass is 368 g/mol. The van der Waals surface area contributed by atoms with Gasteiger partial charge in [0.05, 0.1) is 6.04 Å². The van der Waals surface area contributed by atoms with Gasteiger partial charge in [0.25, 0.3) is 0 Å². The van der Waals surface area contributed by atoms with Gasteiger partial charge in [0.2, 0.25) is 11.8 Å². The molecule has 0 aromatic carbocycles. The van der Waals surface area contributed by atoms with Crippen LogP contribution in [0.5, 0.6) is 0 Å². The Morgan fingerprint density at radius 1 is 1.28 bits per heavy atom. The molecule has 1 N–H and O–H groups in total. The van der Waals surface area contributed by atoms with E-state index in [1.165, 1.54) is 25.7 Å². The molecule has 2 saturated heterocycles. The Morgan fingerprint density at radius 3 is 2.88 bits per heavy atom. The molecule has 25 heavy (non-hydrogen) atoms. The molecule has 0 spiro atoms. The summed E-state index contributed by atoms with van der Waals surface area (Å²) in [6, 6.07) is 0.625. The quantitative estimate of drug-likeness (QED) is 0.887. The average molecular weight is 369 g/mol. The lowest BCUT2D eigenvalue weighted by Gasteiger charge is -2.34. The normalized spacial score (nSPS) is 32.1. The lowest BCUT2D eigenvalue weighted by Crippen LogP contribution is -2.49. The number of hydrogen-bond donors (Lipinski definition) is 1. The van der Waals surface area contributed by atoms with Crippen molar-refractivity contribution < 1.29 is 9.32 Å². The Hall–Kier alpha value is -1.14. The third-order valence-corrected chi connectivity index (χ3v) is 6.03. The van der Waals surface area contributed by atoms with Crippen LogP contribution in [0.15, 0.2) is 4.52 Å². The van der Waals surface area contributed by atoms with E-state index in [1.807, 2.05) is 6.92 Å². The number of likely N-dealkylation sites (tertiary alicyclic amines) is 1. The molecular weight excluding hydrogens is 340 g/mol. The SMILES string of the molecule is Cc1nc(CC2CCCN(C(=O)C3CC4CCCCC4N3)C2)no1.Cl. The number of aryl methyl sites for hydroxylation is 1.